The van der Waals surface area contributed by atoms with E-state index in [1.807, 2.05) is 6.92 Å². The first-order valence-corrected chi connectivity index (χ1v) is 5.21. The predicted molar refractivity (Wildman–Crippen MR) is 58.1 cm³/mol. The van der Waals surface area contributed by atoms with Crippen LogP contribution >= 0.6 is 11.6 Å². The second-order valence-electron chi connectivity index (χ2n) is 3.35. The van der Waals surface area contributed by atoms with Gasteiger partial charge >= 0.3 is 0 Å². The maximum Gasteiger partial charge on any atom is 0.141 e. The molecule has 1 rings (SSSR count). The zero-order valence-corrected chi connectivity index (χ0v) is 9.24. The van der Waals surface area contributed by atoms with E-state index in [0.717, 1.165) is 18.5 Å². The van der Waals surface area contributed by atoms with E-state index in [0.29, 0.717) is 0 Å². The molecule has 0 saturated heterocycles. The molecule has 0 amide bonds. The van der Waals surface area contributed by atoms with Crippen LogP contribution in [0.1, 0.15) is 31.9 Å². The van der Waals surface area contributed by atoms with Crippen LogP contribution in [0.4, 0.5) is 4.39 Å². The fourth-order valence-electron chi connectivity index (χ4n) is 1.26. The van der Waals surface area contributed by atoms with Gasteiger partial charge in [0.2, 0.25) is 0 Å². The van der Waals surface area contributed by atoms with Gasteiger partial charge in [-0.15, -0.1) is 0 Å². The summed E-state index contributed by atoms with van der Waals surface area (Å²) in [6.45, 7) is 5.10. The average molecular weight is 216 g/mol. The van der Waals surface area contributed by atoms with Gasteiger partial charge in [-0.25, -0.2) is 4.39 Å². The molecule has 78 valence electrons. The molecule has 14 heavy (non-hydrogen) atoms. The molecule has 1 aromatic rings. The standard InChI is InChI=1S/C11H15ClFN/c1-3-6-14-8(2)9-4-5-11(13)10(12)7-9/h4-5,7-8,14H,3,6H2,1-2H3/t8-/m0/s1. The van der Waals surface area contributed by atoms with Gasteiger partial charge in [-0.2, -0.15) is 0 Å². The van der Waals surface area contributed by atoms with Crippen molar-refractivity contribution in [1.29, 1.82) is 0 Å². The molecular formula is C11H15ClFN. The monoisotopic (exact) mass is 215 g/mol. The lowest BCUT2D eigenvalue weighted by molar-refractivity contribution is 0.567. The lowest BCUT2D eigenvalue weighted by Crippen LogP contribution is -2.19. The smallest absolute Gasteiger partial charge is 0.141 e. The Balaban J connectivity index is 2.70. The normalized spacial score (nSPS) is 12.9. The molecule has 1 nitrogen and oxygen atoms in total. The fourth-order valence-corrected chi connectivity index (χ4v) is 1.45. The molecule has 0 saturated carbocycles. The van der Waals surface area contributed by atoms with Gasteiger partial charge in [0.1, 0.15) is 5.82 Å². The van der Waals surface area contributed by atoms with Crippen LogP contribution in [0.25, 0.3) is 0 Å². The zero-order valence-electron chi connectivity index (χ0n) is 8.48. The Kier molecular flexibility index (Phi) is 4.36. The van der Waals surface area contributed by atoms with Gasteiger partial charge in [0.15, 0.2) is 0 Å². The molecule has 1 atom stereocenters. The number of nitrogens with one attached hydrogen (secondary N) is 1. The summed E-state index contributed by atoms with van der Waals surface area (Å²) in [5.74, 6) is -0.363. The lowest BCUT2D eigenvalue weighted by atomic mass is 10.1. The fraction of sp³-hybridized carbons (Fsp3) is 0.455. The van der Waals surface area contributed by atoms with Gasteiger partial charge in [-0.3, -0.25) is 0 Å². The van der Waals surface area contributed by atoms with Crippen molar-refractivity contribution in [3.63, 3.8) is 0 Å². The Labute approximate surface area is 89.3 Å². The van der Waals surface area contributed by atoms with E-state index in [2.05, 4.69) is 12.2 Å². The van der Waals surface area contributed by atoms with Crippen LogP contribution in [0, 0.1) is 5.82 Å². The summed E-state index contributed by atoms with van der Waals surface area (Å²) in [6.07, 6.45) is 1.08. The minimum Gasteiger partial charge on any atom is -0.310 e. The molecule has 0 unspecified atom stereocenters. The summed E-state index contributed by atoms with van der Waals surface area (Å²) < 4.78 is 12.9. The van der Waals surface area contributed by atoms with E-state index < -0.39 is 0 Å². The van der Waals surface area contributed by atoms with Crippen molar-refractivity contribution in [2.24, 2.45) is 0 Å². The van der Waals surface area contributed by atoms with Gasteiger partial charge in [0, 0.05) is 6.04 Å². The average Bonchev–Trinajstić information content (AvgIpc) is 2.18. The first-order chi connectivity index (χ1) is 6.65. The first kappa shape index (κ1) is 11.5. The molecule has 0 aliphatic carbocycles. The van der Waals surface area contributed by atoms with Crippen LogP contribution in [-0.4, -0.2) is 6.54 Å². The molecular weight excluding hydrogens is 201 g/mol. The van der Waals surface area contributed by atoms with Crippen molar-refractivity contribution in [3.8, 4) is 0 Å². The topological polar surface area (TPSA) is 12.0 Å². The molecule has 0 heterocycles. The van der Waals surface area contributed by atoms with Crippen LogP contribution in [0.15, 0.2) is 18.2 Å². The third-order valence-corrected chi connectivity index (χ3v) is 2.43. The molecule has 0 aliphatic heterocycles. The first-order valence-electron chi connectivity index (χ1n) is 4.83. The number of hydrogen-bond donors (Lipinski definition) is 1. The van der Waals surface area contributed by atoms with Crippen molar-refractivity contribution in [3.05, 3.63) is 34.6 Å². The number of benzene rings is 1. The molecule has 0 aromatic heterocycles. The highest BCUT2D eigenvalue weighted by atomic mass is 35.5. The highest BCUT2D eigenvalue weighted by Crippen LogP contribution is 2.20. The zero-order chi connectivity index (χ0) is 10.6. The Morgan fingerprint density at radius 2 is 2.21 bits per heavy atom. The Morgan fingerprint density at radius 1 is 1.50 bits per heavy atom. The van der Waals surface area contributed by atoms with Crippen LogP contribution in [0.2, 0.25) is 5.02 Å². The molecule has 1 aromatic carbocycles. The van der Waals surface area contributed by atoms with Gasteiger partial charge < -0.3 is 5.32 Å². The summed E-state index contributed by atoms with van der Waals surface area (Å²) in [5, 5.41) is 3.50. The minimum absolute atomic E-state index is 0.188. The summed E-state index contributed by atoms with van der Waals surface area (Å²) in [7, 11) is 0. The van der Waals surface area contributed by atoms with Crippen molar-refractivity contribution in [2.75, 3.05) is 6.54 Å². The van der Waals surface area contributed by atoms with Crippen molar-refractivity contribution >= 4 is 11.6 Å². The van der Waals surface area contributed by atoms with Gasteiger partial charge in [0.25, 0.3) is 0 Å². The van der Waals surface area contributed by atoms with Crippen LogP contribution in [0.5, 0.6) is 0 Å². The Morgan fingerprint density at radius 3 is 2.79 bits per heavy atom. The second kappa shape index (κ2) is 5.32. The maximum absolute atomic E-state index is 12.9. The third kappa shape index (κ3) is 2.96. The minimum atomic E-state index is -0.363. The number of rotatable bonds is 4. The highest BCUT2D eigenvalue weighted by molar-refractivity contribution is 6.30. The van der Waals surface area contributed by atoms with Crippen molar-refractivity contribution in [2.45, 2.75) is 26.3 Å². The molecule has 0 bridgehead atoms. The molecule has 0 spiro atoms. The number of halogens is 2. The van der Waals surface area contributed by atoms with E-state index in [4.69, 9.17) is 11.6 Å². The van der Waals surface area contributed by atoms with Gasteiger partial charge in [-0.05, 0) is 37.6 Å². The van der Waals surface area contributed by atoms with E-state index in [9.17, 15) is 4.39 Å². The van der Waals surface area contributed by atoms with E-state index >= 15 is 0 Å². The second-order valence-corrected chi connectivity index (χ2v) is 3.76. The van der Waals surface area contributed by atoms with Crippen LogP contribution < -0.4 is 5.32 Å². The molecule has 0 fully saturated rings. The highest BCUT2D eigenvalue weighted by Gasteiger charge is 2.06. The predicted octanol–water partition coefficient (Wildman–Crippen LogP) is 3.54. The van der Waals surface area contributed by atoms with E-state index in [-0.39, 0.29) is 16.9 Å². The van der Waals surface area contributed by atoms with Gasteiger partial charge in [0.05, 0.1) is 5.02 Å². The summed E-state index contributed by atoms with van der Waals surface area (Å²) >= 11 is 5.69. The van der Waals surface area contributed by atoms with Crippen molar-refractivity contribution in [1.82, 2.24) is 5.32 Å². The van der Waals surface area contributed by atoms with Gasteiger partial charge in [-0.1, -0.05) is 24.6 Å². The van der Waals surface area contributed by atoms with E-state index in [1.54, 1.807) is 12.1 Å². The van der Waals surface area contributed by atoms with E-state index in [1.165, 1.54) is 6.07 Å². The molecule has 3 heteroatoms. The number of hydrogen-bond acceptors (Lipinski definition) is 1. The Hall–Kier alpha value is -0.600. The third-order valence-electron chi connectivity index (χ3n) is 2.14. The molecule has 1 N–H and O–H groups in total. The van der Waals surface area contributed by atoms with Crippen LogP contribution in [0.3, 0.4) is 0 Å². The largest absolute Gasteiger partial charge is 0.310 e. The van der Waals surface area contributed by atoms with Crippen molar-refractivity contribution < 1.29 is 4.39 Å². The summed E-state index contributed by atoms with van der Waals surface area (Å²) in [4.78, 5) is 0. The quantitative estimate of drug-likeness (QED) is 0.810. The molecule has 0 aliphatic rings. The molecule has 0 radical (unpaired) electrons. The summed E-state index contributed by atoms with van der Waals surface area (Å²) in [5.41, 5.74) is 1.02. The SMILES string of the molecule is CCCN[C@@H](C)c1ccc(F)c(Cl)c1. The Bertz CT molecular complexity index is 301. The summed E-state index contributed by atoms with van der Waals surface area (Å²) in [6, 6.07) is 5.05. The maximum atomic E-state index is 12.9. The lowest BCUT2D eigenvalue weighted by Gasteiger charge is -2.13. The van der Waals surface area contributed by atoms with Crippen LogP contribution in [-0.2, 0) is 0 Å².